The normalized spacial score (nSPS) is 13.5. The Labute approximate surface area is 177 Å². The average Bonchev–Trinajstić information content (AvgIpc) is 3.11. The van der Waals surface area contributed by atoms with Crippen molar-refractivity contribution in [2.45, 2.75) is 36.0 Å². The third kappa shape index (κ3) is 5.64. The summed E-state index contributed by atoms with van der Waals surface area (Å²) in [6, 6.07) is 10.1. The molecule has 1 unspecified atom stereocenters. The second kappa shape index (κ2) is 8.87. The first kappa shape index (κ1) is 20.5. The van der Waals surface area contributed by atoms with Gasteiger partial charge in [0.2, 0.25) is 0 Å². The monoisotopic (exact) mass is 442 g/mol. The van der Waals surface area contributed by atoms with E-state index >= 15 is 0 Å². The van der Waals surface area contributed by atoms with E-state index in [1.165, 1.54) is 12.1 Å². The van der Waals surface area contributed by atoms with E-state index in [-0.39, 0.29) is 10.6 Å². The average molecular weight is 444 g/mol. The highest BCUT2D eigenvalue weighted by Gasteiger charge is 2.28. The van der Waals surface area contributed by atoms with Gasteiger partial charge >= 0.3 is 0 Å². The van der Waals surface area contributed by atoms with Gasteiger partial charge in [0, 0.05) is 33.6 Å². The summed E-state index contributed by atoms with van der Waals surface area (Å²) in [5, 5.41) is 1.50. The molecule has 0 aliphatic heterocycles. The molecule has 0 saturated heterocycles. The fourth-order valence-corrected chi connectivity index (χ4v) is 5.03. The number of aromatic nitrogens is 2. The van der Waals surface area contributed by atoms with Gasteiger partial charge in [0.15, 0.2) is 0 Å². The number of nitrogens with zero attached hydrogens (tertiary/aromatic N) is 2. The number of benzene rings is 2. The lowest BCUT2D eigenvalue weighted by Crippen LogP contribution is -2.27. The number of halogens is 4. The van der Waals surface area contributed by atoms with Crippen molar-refractivity contribution in [1.29, 1.82) is 0 Å². The zero-order chi connectivity index (χ0) is 19.4. The lowest BCUT2D eigenvalue weighted by Gasteiger charge is -2.30. The van der Waals surface area contributed by atoms with E-state index < -0.39 is 0 Å². The van der Waals surface area contributed by atoms with E-state index in [2.05, 4.69) is 11.9 Å². The van der Waals surface area contributed by atoms with Crippen molar-refractivity contribution >= 4 is 46.6 Å². The molecule has 3 rings (SSSR count). The van der Waals surface area contributed by atoms with Crippen LogP contribution in [-0.4, -0.2) is 14.3 Å². The molecule has 0 N–H and O–H groups in total. The fourth-order valence-electron chi connectivity index (χ4n) is 2.86. The van der Waals surface area contributed by atoms with Crippen LogP contribution in [0.5, 0.6) is 0 Å². The number of hydrogen-bond acceptors (Lipinski definition) is 2. The van der Waals surface area contributed by atoms with Crippen molar-refractivity contribution in [2.24, 2.45) is 0 Å². The summed E-state index contributed by atoms with van der Waals surface area (Å²) in [4.78, 5) is 4.97. The third-order valence-corrected chi connectivity index (χ3v) is 6.75. The van der Waals surface area contributed by atoms with Crippen LogP contribution in [0.3, 0.4) is 0 Å². The Morgan fingerprint density at radius 3 is 2.56 bits per heavy atom. The predicted molar refractivity (Wildman–Crippen MR) is 113 cm³/mol. The minimum absolute atomic E-state index is 0.202. The van der Waals surface area contributed by atoms with Crippen molar-refractivity contribution in [3.05, 3.63) is 81.6 Å². The molecular formula is C20H18Cl3FN2S. The first-order chi connectivity index (χ1) is 12.8. The molecule has 0 spiro atoms. The molecule has 142 valence electrons. The van der Waals surface area contributed by atoms with Crippen LogP contribution >= 0.6 is 46.6 Å². The van der Waals surface area contributed by atoms with Gasteiger partial charge in [-0.1, -0.05) is 46.9 Å². The molecule has 2 nitrogen and oxygen atoms in total. The highest BCUT2D eigenvalue weighted by atomic mass is 35.5. The number of rotatable bonds is 7. The van der Waals surface area contributed by atoms with Gasteiger partial charge in [-0.15, -0.1) is 11.8 Å². The number of hydrogen-bond donors (Lipinski definition) is 0. The third-order valence-electron chi connectivity index (χ3n) is 4.25. The summed E-state index contributed by atoms with van der Waals surface area (Å²) >= 11 is 20.4. The molecule has 0 aliphatic carbocycles. The first-order valence-electron chi connectivity index (χ1n) is 8.38. The molecule has 0 saturated carbocycles. The summed E-state index contributed by atoms with van der Waals surface area (Å²) in [6.45, 7) is 2.91. The molecular weight excluding hydrogens is 426 g/mol. The highest BCUT2D eigenvalue weighted by molar-refractivity contribution is 8.00. The summed E-state index contributed by atoms with van der Waals surface area (Å²) in [7, 11) is 0. The zero-order valence-corrected chi connectivity index (χ0v) is 17.7. The van der Waals surface area contributed by atoms with Gasteiger partial charge in [-0.3, -0.25) is 0 Å². The Morgan fingerprint density at radius 1 is 1.15 bits per heavy atom. The fraction of sp³-hybridized carbons (Fsp3) is 0.250. The molecule has 0 aliphatic rings. The molecule has 0 radical (unpaired) electrons. The van der Waals surface area contributed by atoms with Crippen LogP contribution in [0, 0.1) is 5.82 Å². The van der Waals surface area contributed by atoms with Crippen molar-refractivity contribution in [3.8, 4) is 0 Å². The van der Waals surface area contributed by atoms with Crippen LogP contribution in [0.4, 0.5) is 4.39 Å². The second-order valence-corrected chi connectivity index (χ2v) is 9.46. The quantitative estimate of drug-likeness (QED) is 0.284. The molecule has 0 bridgehead atoms. The summed E-state index contributed by atoms with van der Waals surface area (Å²) in [6.07, 6.45) is 7.15. The molecule has 3 aromatic rings. The Bertz CT molecular complexity index is 900. The van der Waals surface area contributed by atoms with Crippen LogP contribution in [0.1, 0.15) is 18.9 Å². The van der Waals surface area contributed by atoms with Crippen molar-refractivity contribution < 1.29 is 4.39 Å². The number of aryl methyl sites for hydroxylation is 1. The van der Waals surface area contributed by atoms with Gasteiger partial charge in [0.05, 0.1) is 16.4 Å². The maximum Gasteiger partial charge on any atom is 0.123 e. The number of thioether (sulfide) groups is 1. The van der Waals surface area contributed by atoms with Crippen LogP contribution < -0.4 is 0 Å². The smallest absolute Gasteiger partial charge is 0.123 e. The zero-order valence-electron chi connectivity index (χ0n) is 14.6. The van der Waals surface area contributed by atoms with E-state index in [0.29, 0.717) is 15.1 Å². The summed E-state index contributed by atoms with van der Waals surface area (Å²) in [5.74, 6) is -0.227. The standard InChI is InChI=1S/C20H18Cl3FN2S/c1-20(12-26-9-8-25-13-26,7-6-14-2-4-16(24)5-3-14)27-18-11-15(21)10-17(22)19(18)23/h2-5,8-11,13H,6-7,12H2,1H3. The van der Waals surface area contributed by atoms with Crippen molar-refractivity contribution in [2.75, 3.05) is 0 Å². The van der Waals surface area contributed by atoms with E-state index in [9.17, 15) is 4.39 Å². The van der Waals surface area contributed by atoms with Gasteiger partial charge in [-0.25, -0.2) is 9.37 Å². The Balaban J connectivity index is 1.84. The maximum atomic E-state index is 13.2. The topological polar surface area (TPSA) is 17.8 Å². The Hall–Kier alpha value is -1.20. The molecule has 7 heteroatoms. The minimum atomic E-state index is -0.227. The van der Waals surface area contributed by atoms with Gasteiger partial charge < -0.3 is 4.57 Å². The van der Waals surface area contributed by atoms with Crippen LogP contribution in [0.25, 0.3) is 0 Å². The van der Waals surface area contributed by atoms with Crippen LogP contribution in [-0.2, 0) is 13.0 Å². The molecule has 2 aromatic carbocycles. The molecule has 0 fully saturated rings. The van der Waals surface area contributed by atoms with E-state index in [0.717, 1.165) is 29.8 Å². The van der Waals surface area contributed by atoms with E-state index in [1.807, 2.05) is 29.0 Å². The summed E-state index contributed by atoms with van der Waals surface area (Å²) in [5.41, 5.74) is 1.09. The van der Waals surface area contributed by atoms with Crippen LogP contribution in [0.2, 0.25) is 15.1 Å². The molecule has 1 aromatic heterocycles. The van der Waals surface area contributed by atoms with E-state index in [1.54, 1.807) is 30.4 Å². The highest BCUT2D eigenvalue weighted by Crippen LogP contribution is 2.44. The molecule has 1 atom stereocenters. The van der Waals surface area contributed by atoms with Gasteiger partial charge in [0.25, 0.3) is 0 Å². The van der Waals surface area contributed by atoms with Crippen LogP contribution in [0.15, 0.2) is 60.0 Å². The predicted octanol–water partition coefficient (Wildman–Crippen LogP) is 7.17. The van der Waals surface area contributed by atoms with Gasteiger partial charge in [0.1, 0.15) is 5.82 Å². The lowest BCUT2D eigenvalue weighted by atomic mass is 10.00. The molecule has 27 heavy (non-hydrogen) atoms. The van der Waals surface area contributed by atoms with Crippen molar-refractivity contribution in [3.63, 3.8) is 0 Å². The van der Waals surface area contributed by atoms with Crippen molar-refractivity contribution in [1.82, 2.24) is 9.55 Å². The Kier molecular flexibility index (Phi) is 6.74. The molecule has 0 amide bonds. The number of imidazole rings is 1. The Morgan fingerprint density at radius 2 is 1.89 bits per heavy atom. The van der Waals surface area contributed by atoms with E-state index in [4.69, 9.17) is 34.8 Å². The van der Waals surface area contributed by atoms with Gasteiger partial charge in [-0.2, -0.15) is 0 Å². The summed E-state index contributed by atoms with van der Waals surface area (Å²) < 4.78 is 15.0. The SMILES string of the molecule is CC(CCc1ccc(F)cc1)(Cn1ccnc1)Sc1cc(Cl)cc(Cl)c1Cl. The lowest BCUT2D eigenvalue weighted by molar-refractivity contribution is 0.495. The maximum absolute atomic E-state index is 13.2. The second-order valence-electron chi connectivity index (χ2n) is 6.61. The van der Waals surface area contributed by atoms with Gasteiger partial charge in [-0.05, 0) is 49.6 Å². The molecule has 1 heterocycles. The largest absolute Gasteiger partial charge is 0.336 e. The first-order valence-corrected chi connectivity index (χ1v) is 10.3. The minimum Gasteiger partial charge on any atom is -0.336 e.